The molecule has 1 aliphatic rings. The third-order valence-corrected chi connectivity index (χ3v) is 5.50. The Labute approximate surface area is 189 Å². The van der Waals surface area contributed by atoms with E-state index in [4.69, 9.17) is 9.47 Å². The lowest BCUT2D eigenvalue weighted by Crippen LogP contribution is -2.37. The van der Waals surface area contributed by atoms with Crippen LogP contribution >= 0.6 is 0 Å². The molecule has 0 aliphatic carbocycles. The molecule has 33 heavy (non-hydrogen) atoms. The molecule has 1 atom stereocenters. The van der Waals surface area contributed by atoms with E-state index < -0.39 is 18.5 Å². The second-order valence-electron chi connectivity index (χ2n) is 7.72. The molecule has 9 nitrogen and oxygen atoms in total. The third kappa shape index (κ3) is 4.12. The van der Waals surface area contributed by atoms with E-state index in [1.165, 1.54) is 0 Å². The number of carbonyl (C=O) groups excluding carboxylic acids is 2. The molecule has 4 aromatic rings. The molecule has 0 fully saturated rings. The van der Waals surface area contributed by atoms with Crippen molar-refractivity contribution in [1.29, 1.82) is 0 Å². The second kappa shape index (κ2) is 8.70. The van der Waals surface area contributed by atoms with E-state index in [1.807, 2.05) is 54.6 Å². The van der Waals surface area contributed by atoms with Gasteiger partial charge in [-0.2, -0.15) is 0 Å². The average molecular weight is 443 g/mol. The first-order valence-corrected chi connectivity index (χ1v) is 10.5. The maximum Gasteiger partial charge on any atom is 0.361 e. The highest BCUT2D eigenvalue weighted by Gasteiger charge is 2.24. The van der Waals surface area contributed by atoms with Gasteiger partial charge in [0.15, 0.2) is 12.3 Å². The highest BCUT2D eigenvalue weighted by Crippen LogP contribution is 2.27. The highest BCUT2D eigenvalue weighted by molar-refractivity contribution is 5.91. The van der Waals surface area contributed by atoms with Crippen molar-refractivity contribution in [3.05, 3.63) is 77.7 Å². The van der Waals surface area contributed by atoms with Gasteiger partial charge in [0.05, 0.1) is 23.4 Å². The number of hydrogen-bond acceptors (Lipinski definition) is 7. The molecule has 1 unspecified atom stereocenters. The Balaban J connectivity index is 1.19. The van der Waals surface area contributed by atoms with Gasteiger partial charge >= 0.3 is 5.97 Å². The van der Waals surface area contributed by atoms with E-state index in [0.29, 0.717) is 17.9 Å². The first kappa shape index (κ1) is 20.6. The number of para-hydroxylation sites is 2. The summed E-state index contributed by atoms with van der Waals surface area (Å²) in [5.41, 5.74) is 3.10. The van der Waals surface area contributed by atoms with Gasteiger partial charge in [-0.25, -0.2) is 9.48 Å². The third-order valence-electron chi connectivity index (χ3n) is 5.50. The summed E-state index contributed by atoms with van der Waals surface area (Å²) in [6, 6.07) is 17.3. The molecule has 5 rings (SSSR count). The smallest absolute Gasteiger partial charge is 0.361 e. The fraction of sp³-hybridized carbons (Fsp3) is 0.208. The zero-order valence-corrected chi connectivity index (χ0v) is 17.9. The fourth-order valence-corrected chi connectivity index (χ4v) is 3.85. The van der Waals surface area contributed by atoms with Gasteiger partial charge in [0, 0.05) is 18.0 Å². The number of hydrogen-bond donors (Lipinski definition) is 1. The standard InChI is InChI=1S/C24H21N5O4/c1-15-22(27-28-29(15)19-9-4-7-16-8-5-11-25-23(16)19)24(31)32-14-21(30)26-13-18-12-17-6-2-3-10-20(17)33-18/h2-11,18H,12-14H2,1H3,(H,26,30). The Morgan fingerprint density at radius 3 is 2.88 bits per heavy atom. The van der Waals surface area contributed by atoms with Crippen LogP contribution in [-0.2, 0) is 16.0 Å². The van der Waals surface area contributed by atoms with E-state index in [9.17, 15) is 9.59 Å². The zero-order valence-electron chi connectivity index (χ0n) is 17.9. The summed E-state index contributed by atoms with van der Waals surface area (Å²) < 4.78 is 12.5. The van der Waals surface area contributed by atoms with E-state index in [2.05, 4.69) is 20.6 Å². The summed E-state index contributed by atoms with van der Waals surface area (Å²) in [4.78, 5) is 29.1. The minimum absolute atomic E-state index is 0.0466. The Bertz CT molecular complexity index is 1320. The summed E-state index contributed by atoms with van der Waals surface area (Å²) in [6.07, 6.45) is 2.28. The quantitative estimate of drug-likeness (QED) is 0.456. The minimum Gasteiger partial charge on any atom is -0.488 e. The number of ether oxygens (including phenoxy) is 2. The topological polar surface area (TPSA) is 108 Å². The van der Waals surface area contributed by atoms with Crippen LogP contribution < -0.4 is 10.1 Å². The summed E-state index contributed by atoms with van der Waals surface area (Å²) in [6.45, 7) is 1.63. The monoisotopic (exact) mass is 443 g/mol. The number of amides is 1. The summed E-state index contributed by atoms with van der Waals surface area (Å²) in [5, 5.41) is 11.8. The van der Waals surface area contributed by atoms with Crippen molar-refractivity contribution in [1.82, 2.24) is 25.3 Å². The molecular weight excluding hydrogens is 422 g/mol. The van der Waals surface area contributed by atoms with Gasteiger partial charge in [0.25, 0.3) is 5.91 Å². The number of rotatable bonds is 6. The molecule has 0 spiro atoms. The van der Waals surface area contributed by atoms with E-state index in [1.54, 1.807) is 17.8 Å². The average Bonchev–Trinajstić information content (AvgIpc) is 3.44. The van der Waals surface area contributed by atoms with Gasteiger partial charge < -0.3 is 14.8 Å². The number of aromatic nitrogens is 4. The normalized spacial score (nSPS) is 14.5. The number of pyridine rings is 1. The molecule has 0 saturated heterocycles. The maximum atomic E-state index is 12.5. The molecule has 1 amide bonds. The van der Waals surface area contributed by atoms with Crippen molar-refractivity contribution >= 4 is 22.8 Å². The van der Waals surface area contributed by atoms with Gasteiger partial charge in [-0.15, -0.1) is 5.10 Å². The molecule has 2 aromatic carbocycles. The molecule has 2 aromatic heterocycles. The van der Waals surface area contributed by atoms with Crippen LogP contribution in [0.3, 0.4) is 0 Å². The number of nitrogens with one attached hydrogen (secondary N) is 1. The van der Waals surface area contributed by atoms with Gasteiger partial charge in [0.1, 0.15) is 11.9 Å². The molecule has 0 bridgehead atoms. The number of esters is 1. The number of carbonyl (C=O) groups is 2. The summed E-state index contributed by atoms with van der Waals surface area (Å²) in [5.74, 6) is -0.291. The fourth-order valence-electron chi connectivity index (χ4n) is 3.85. The Kier molecular flexibility index (Phi) is 5.43. The van der Waals surface area contributed by atoms with Gasteiger partial charge in [0.2, 0.25) is 0 Å². The molecule has 9 heteroatoms. The molecular formula is C24H21N5O4. The van der Waals surface area contributed by atoms with E-state index >= 15 is 0 Å². The highest BCUT2D eigenvalue weighted by atomic mass is 16.5. The summed E-state index contributed by atoms with van der Waals surface area (Å²) >= 11 is 0. The molecule has 166 valence electrons. The SMILES string of the molecule is Cc1c(C(=O)OCC(=O)NCC2Cc3ccccc3O2)nnn1-c1cccc2cccnc12. The molecule has 1 N–H and O–H groups in total. The van der Waals surface area contributed by atoms with Crippen LogP contribution in [0.25, 0.3) is 16.6 Å². The van der Waals surface area contributed by atoms with Crippen molar-refractivity contribution in [2.45, 2.75) is 19.4 Å². The maximum absolute atomic E-state index is 12.5. The van der Waals surface area contributed by atoms with Crippen molar-refractivity contribution in [2.75, 3.05) is 13.2 Å². The van der Waals surface area contributed by atoms with E-state index in [-0.39, 0.29) is 11.8 Å². The van der Waals surface area contributed by atoms with Crippen LogP contribution in [0, 0.1) is 6.92 Å². The predicted molar refractivity (Wildman–Crippen MR) is 119 cm³/mol. The first-order chi connectivity index (χ1) is 16.1. The van der Waals surface area contributed by atoms with Gasteiger partial charge in [-0.1, -0.05) is 41.6 Å². The van der Waals surface area contributed by atoms with Crippen LogP contribution in [0.4, 0.5) is 0 Å². The molecule has 0 radical (unpaired) electrons. The lowest BCUT2D eigenvalue weighted by Gasteiger charge is -2.12. The van der Waals surface area contributed by atoms with Crippen LogP contribution in [0.2, 0.25) is 0 Å². The second-order valence-corrected chi connectivity index (χ2v) is 7.72. The summed E-state index contributed by atoms with van der Waals surface area (Å²) in [7, 11) is 0. The largest absolute Gasteiger partial charge is 0.488 e. The minimum atomic E-state index is -0.716. The molecule has 3 heterocycles. The Morgan fingerprint density at radius 1 is 1.15 bits per heavy atom. The number of benzene rings is 2. The Hall–Kier alpha value is -4.27. The number of fused-ring (bicyclic) bond motifs is 2. The van der Waals surface area contributed by atoms with Gasteiger partial charge in [-0.05, 0) is 30.7 Å². The van der Waals surface area contributed by atoms with Crippen LogP contribution in [0.15, 0.2) is 60.8 Å². The van der Waals surface area contributed by atoms with Gasteiger partial charge in [-0.3, -0.25) is 9.78 Å². The van der Waals surface area contributed by atoms with Crippen molar-refractivity contribution in [3.63, 3.8) is 0 Å². The number of nitrogens with zero attached hydrogens (tertiary/aromatic N) is 4. The lowest BCUT2D eigenvalue weighted by atomic mass is 10.1. The molecule has 1 aliphatic heterocycles. The lowest BCUT2D eigenvalue weighted by molar-refractivity contribution is -0.124. The van der Waals surface area contributed by atoms with Crippen molar-refractivity contribution in [2.24, 2.45) is 0 Å². The predicted octanol–water partition coefficient (Wildman–Crippen LogP) is 2.40. The zero-order chi connectivity index (χ0) is 22.8. The van der Waals surface area contributed by atoms with Crippen molar-refractivity contribution in [3.8, 4) is 11.4 Å². The van der Waals surface area contributed by atoms with Crippen LogP contribution in [0.5, 0.6) is 5.75 Å². The van der Waals surface area contributed by atoms with Crippen LogP contribution in [-0.4, -0.2) is 51.1 Å². The first-order valence-electron chi connectivity index (χ1n) is 10.5. The van der Waals surface area contributed by atoms with Crippen molar-refractivity contribution < 1.29 is 19.1 Å². The van der Waals surface area contributed by atoms with E-state index in [0.717, 1.165) is 28.6 Å². The Morgan fingerprint density at radius 2 is 2.00 bits per heavy atom. The molecule has 0 saturated carbocycles. The van der Waals surface area contributed by atoms with Crippen LogP contribution in [0.1, 0.15) is 21.7 Å².